The van der Waals surface area contributed by atoms with E-state index in [1.165, 1.54) is 18.2 Å². The van der Waals surface area contributed by atoms with Crippen LogP contribution < -0.4 is 9.62 Å². The summed E-state index contributed by atoms with van der Waals surface area (Å²) in [5.41, 5.74) is 1.00. The topological polar surface area (TPSA) is 104 Å². The second-order valence-electron chi connectivity index (χ2n) is 6.69. The van der Waals surface area contributed by atoms with E-state index in [9.17, 15) is 23.1 Å². The van der Waals surface area contributed by atoms with Crippen molar-refractivity contribution >= 4 is 44.0 Å². The average molecular weight is 410 g/mol. The summed E-state index contributed by atoms with van der Waals surface area (Å²) in [6.07, 6.45) is 0.495. The molecule has 0 saturated heterocycles. The predicted octanol–water partition coefficient (Wildman–Crippen LogP) is 3.71. The molecule has 2 N–H and O–H groups in total. The Morgan fingerprint density at radius 2 is 1.83 bits per heavy atom. The Bertz CT molecular complexity index is 1270. The highest BCUT2D eigenvalue weighted by Gasteiger charge is 2.31. The van der Waals surface area contributed by atoms with E-state index in [0.29, 0.717) is 28.4 Å². The molecule has 0 saturated carbocycles. The van der Waals surface area contributed by atoms with Crippen LogP contribution in [0.2, 0.25) is 0 Å². The van der Waals surface area contributed by atoms with Crippen LogP contribution in [0.25, 0.3) is 10.8 Å². The van der Waals surface area contributed by atoms with Crippen LogP contribution in [-0.4, -0.2) is 31.9 Å². The summed E-state index contributed by atoms with van der Waals surface area (Å²) in [4.78, 5) is 23.9. The van der Waals surface area contributed by atoms with Crippen molar-refractivity contribution in [2.24, 2.45) is 0 Å². The lowest BCUT2D eigenvalue weighted by Crippen LogP contribution is -2.33. The Hall–Kier alpha value is -3.39. The van der Waals surface area contributed by atoms with Crippen LogP contribution in [-0.2, 0) is 10.0 Å². The Kier molecular flexibility index (Phi) is 4.50. The molecule has 29 heavy (non-hydrogen) atoms. The van der Waals surface area contributed by atoms with E-state index in [1.807, 2.05) is 6.92 Å². The summed E-state index contributed by atoms with van der Waals surface area (Å²) < 4.78 is 28.5. The number of carbonyl (C=O) groups is 2. The monoisotopic (exact) mass is 410 g/mol. The first-order valence-corrected chi connectivity index (χ1v) is 10.5. The summed E-state index contributed by atoms with van der Waals surface area (Å²) in [5, 5.41) is 13.2. The van der Waals surface area contributed by atoms with Crippen molar-refractivity contribution in [3.05, 3.63) is 65.7 Å². The van der Waals surface area contributed by atoms with Crippen molar-refractivity contribution in [2.45, 2.75) is 18.2 Å². The maximum atomic E-state index is 13.7. The number of hydrogen-bond acceptors (Lipinski definition) is 4. The van der Waals surface area contributed by atoms with Crippen LogP contribution in [0.15, 0.2) is 59.5 Å². The van der Waals surface area contributed by atoms with Gasteiger partial charge in [-0.05, 0) is 36.8 Å². The zero-order chi connectivity index (χ0) is 20.8. The summed E-state index contributed by atoms with van der Waals surface area (Å²) in [7, 11) is -4.09. The van der Waals surface area contributed by atoms with Gasteiger partial charge in [0, 0.05) is 28.6 Å². The summed E-state index contributed by atoms with van der Waals surface area (Å²) in [6, 6.07) is 14.0. The van der Waals surface area contributed by atoms with Crippen LogP contribution in [0.3, 0.4) is 0 Å². The number of nitrogens with one attached hydrogen (secondary N) is 1. The Morgan fingerprint density at radius 3 is 2.55 bits per heavy atom. The lowest BCUT2D eigenvalue weighted by molar-refractivity contribution is 0.0697. The Labute approximate surface area is 167 Å². The summed E-state index contributed by atoms with van der Waals surface area (Å²) in [5.74, 6) is -1.48. The minimum atomic E-state index is -4.09. The summed E-state index contributed by atoms with van der Waals surface area (Å²) >= 11 is 0. The molecule has 7 nitrogen and oxygen atoms in total. The smallest absolute Gasteiger partial charge is 0.337 e. The molecule has 148 valence electrons. The molecule has 1 amide bonds. The molecule has 0 aromatic heterocycles. The van der Waals surface area contributed by atoms with Crippen LogP contribution in [0.4, 0.5) is 11.4 Å². The predicted molar refractivity (Wildman–Crippen MR) is 110 cm³/mol. The molecule has 0 fully saturated rings. The third-order valence-corrected chi connectivity index (χ3v) is 6.76. The molecule has 1 heterocycles. The van der Waals surface area contributed by atoms with Gasteiger partial charge in [-0.2, -0.15) is 0 Å². The van der Waals surface area contributed by atoms with E-state index in [2.05, 4.69) is 5.32 Å². The van der Waals surface area contributed by atoms with Gasteiger partial charge in [0.25, 0.3) is 15.9 Å². The van der Waals surface area contributed by atoms with Crippen LogP contribution >= 0.6 is 0 Å². The number of carbonyl (C=O) groups excluding carboxylic acids is 1. The fourth-order valence-corrected chi connectivity index (χ4v) is 5.42. The summed E-state index contributed by atoms with van der Waals surface area (Å²) in [6.45, 7) is 1.94. The first-order chi connectivity index (χ1) is 13.9. The van der Waals surface area contributed by atoms with Gasteiger partial charge in [0.2, 0.25) is 0 Å². The Balaban J connectivity index is 1.96. The second-order valence-corrected chi connectivity index (χ2v) is 8.52. The largest absolute Gasteiger partial charge is 0.478 e. The number of carboxylic acids is 1. The number of aromatic carboxylic acids is 1. The minimum Gasteiger partial charge on any atom is -0.478 e. The molecule has 0 atom stereocenters. The number of para-hydroxylation sites is 1. The molecule has 1 aliphatic rings. The highest BCUT2D eigenvalue weighted by molar-refractivity contribution is 7.93. The van der Waals surface area contributed by atoms with Crippen LogP contribution in [0.5, 0.6) is 0 Å². The molecule has 0 radical (unpaired) electrons. The first-order valence-electron chi connectivity index (χ1n) is 9.08. The molecular formula is C21H18N2O5S. The number of nitrogens with zero attached hydrogens (tertiary/aromatic N) is 1. The number of hydrogen-bond donors (Lipinski definition) is 2. The first kappa shape index (κ1) is 18.9. The van der Waals surface area contributed by atoms with Crippen LogP contribution in [0.1, 0.15) is 34.1 Å². The molecule has 8 heteroatoms. The van der Waals surface area contributed by atoms with Gasteiger partial charge in [-0.1, -0.05) is 31.2 Å². The molecule has 0 aliphatic carbocycles. The molecular weight excluding hydrogens is 392 g/mol. The average Bonchev–Trinajstić information content (AvgIpc) is 3.03. The SMILES string of the molecule is CCCN(c1ccccc1C(=O)O)S(=O)(=O)c1ccc2c3c(cccc13)C(=O)N2. The molecule has 1 aliphatic heterocycles. The van der Waals surface area contributed by atoms with Crippen molar-refractivity contribution in [2.75, 3.05) is 16.2 Å². The zero-order valence-corrected chi connectivity index (χ0v) is 16.4. The number of carboxylic acid groups (broad SMARTS) is 1. The standard InChI is InChI=1S/C21H18N2O5S/c1-2-12-23(17-9-4-3-6-13(17)21(25)26)29(27,28)18-11-10-16-19-14(18)7-5-8-15(19)20(24)22-16/h3-11H,2,12H2,1H3,(H,22,24)(H,25,26). The van der Waals surface area contributed by atoms with Crippen molar-refractivity contribution < 1.29 is 23.1 Å². The minimum absolute atomic E-state index is 0.0308. The van der Waals surface area contributed by atoms with E-state index >= 15 is 0 Å². The number of anilines is 2. The highest BCUT2D eigenvalue weighted by Crippen LogP contribution is 2.38. The third kappa shape index (κ3) is 2.92. The molecule has 3 aromatic carbocycles. The van der Waals surface area contributed by atoms with E-state index < -0.39 is 16.0 Å². The van der Waals surface area contributed by atoms with Gasteiger partial charge in [0.05, 0.1) is 16.1 Å². The highest BCUT2D eigenvalue weighted by atomic mass is 32.2. The third-order valence-electron chi connectivity index (χ3n) is 4.89. The van der Waals surface area contributed by atoms with Crippen molar-refractivity contribution in [1.82, 2.24) is 0 Å². The van der Waals surface area contributed by atoms with Crippen molar-refractivity contribution in [3.8, 4) is 0 Å². The fraction of sp³-hybridized carbons (Fsp3) is 0.143. The van der Waals surface area contributed by atoms with Gasteiger partial charge in [0.1, 0.15) is 0 Å². The maximum Gasteiger partial charge on any atom is 0.337 e. The number of rotatable bonds is 6. The van der Waals surface area contributed by atoms with Gasteiger partial charge in [-0.3, -0.25) is 9.10 Å². The van der Waals surface area contributed by atoms with E-state index in [0.717, 1.165) is 4.31 Å². The lowest BCUT2D eigenvalue weighted by Gasteiger charge is -2.26. The maximum absolute atomic E-state index is 13.7. The number of benzene rings is 3. The molecule has 0 spiro atoms. The van der Waals surface area contributed by atoms with Crippen molar-refractivity contribution in [3.63, 3.8) is 0 Å². The molecule has 0 unspecified atom stereocenters. The normalized spacial score (nSPS) is 12.8. The Morgan fingerprint density at radius 1 is 1.07 bits per heavy atom. The molecule has 0 bridgehead atoms. The van der Waals surface area contributed by atoms with Gasteiger partial charge in [-0.25, -0.2) is 13.2 Å². The van der Waals surface area contributed by atoms with E-state index in [4.69, 9.17) is 0 Å². The fourth-order valence-electron chi connectivity index (χ4n) is 3.65. The lowest BCUT2D eigenvalue weighted by atomic mass is 10.1. The van der Waals surface area contributed by atoms with Gasteiger partial charge in [-0.15, -0.1) is 0 Å². The van der Waals surface area contributed by atoms with Gasteiger partial charge >= 0.3 is 5.97 Å². The quantitative estimate of drug-likeness (QED) is 0.645. The van der Waals surface area contributed by atoms with Gasteiger partial charge < -0.3 is 10.4 Å². The van der Waals surface area contributed by atoms with Crippen molar-refractivity contribution in [1.29, 1.82) is 0 Å². The van der Waals surface area contributed by atoms with Gasteiger partial charge in [0.15, 0.2) is 0 Å². The second kappa shape index (κ2) is 6.89. The number of sulfonamides is 1. The van der Waals surface area contributed by atoms with E-state index in [-0.39, 0.29) is 28.6 Å². The zero-order valence-electron chi connectivity index (χ0n) is 15.5. The molecule has 4 rings (SSSR count). The van der Waals surface area contributed by atoms with E-state index in [1.54, 1.807) is 36.4 Å². The van der Waals surface area contributed by atoms with Crippen LogP contribution in [0, 0.1) is 0 Å². The molecule has 3 aromatic rings. The number of amides is 1.